The molecule has 2 fully saturated rings. The van der Waals surface area contributed by atoms with Gasteiger partial charge >= 0.3 is 12.4 Å². The van der Waals surface area contributed by atoms with E-state index in [-0.39, 0.29) is 42.4 Å². The van der Waals surface area contributed by atoms with Crippen LogP contribution in [0.15, 0.2) is 18.2 Å². The van der Waals surface area contributed by atoms with Crippen molar-refractivity contribution in [1.29, 1.82) is 0 Å². The maximum absolute atomic E-state index is 13.6. The molecule has 1 saturated carbocycles. The van der Waals surface area contributed by atoms with Crippen molar-refractivity contribution in [3.8, 4) is 0 Å². The van der Waals surface area contributed by atoms with Crippen LogP contribution < -0.4 is 5.32 Å². The molecule has 0 amide bonds. The molecular weight excluding hydrogens is 429 g/mol. The van der Waals surface area contributed by atoms with Gasteiger partial charge in [-0.15, -0.1) is 24.8 Å². The third-order valence-electron chi connectivity index (χ3n) is 5.40. The molecule has 2 nitrogen and oxygen atoms in total. The van der Waals surface area contributed by atoms with Crippen molar-refractivity contribution in [2.75, 3.05) is 26.2 Å². The first kappa shape index (κ1) is 25.3. The molecule has 1 aliphatic heterocycles. The second kappa shape index (κ2) is 9.87. The number of hydrogen-bond donors (Lipinski definition) is 1. The van der Waals surface area contributed by atoms with Crippen LogP contribution in [0.3, 0.4) is 0 Å². The number of alkyl halides is 6. The molecule has 0 bridgehead atoms. The van der Waals surface area contributed by atoms with Crippen molar-refractivity contribution < 1.29 is 26.3 Å². The van der Waals surface area contributed by atoms with Crippen LogP contribution in [0.1, 0.15) is 48.4 Å². The van der Waals surface area contributed by atoms with Gasteiger partial charge in [0, 0.05) is 32.2 Å². The summed E-state index contributed by atoms with van der Waals surface area (Å²) >= 11 is 0. The van der Waals surface area contributed by atoms with Gasteiger partial charge in [0.15, 0.2) is 0 Å². The number of benzene rings is 1. The van der Waals surface area contributed by atoms with Gasteiger partial charge in [-0.3, -0.25) is 4.90 Å². The number of hydrogen-bond acceptors (Lipinski definition) is 2. The molecule has 162 valence electrons. The fraction of sp³-hybridized carbons (Fsp3) is 0.667. The molecule has 10 heteroatoms. The summed E-state index contributed by atoms with van der Waals surface area (Å²) in [7, 11) is 0. The largest absolute Gasteiger partial charge is 0.416 e. The van der Waals surface area contributed by atoms with Crippen molar-refractivity contribution in [2.24, 2.45) is 5.92 Å². The molecule has 3 rings (SSSR count). The Labute approximate surface area is 172 Å². The lowest BCUT2D eigenvalue weighted by molar-refractivity contribution is -0.144. The van der Waals surface area contributed by atoms with Crippen LogP contribution in [-0.4, -0.2) is 31.1 Å². The van der Waals surface area contributed by atoms with Gasteiger partial charge in [-0.25, -0.2) is 0 Å². The van der Waals surface area contributed by atoms with Crippen molar-refractivity contribution in [3.63, 3.8) is 0 Å². The molecule has 0 unspecified atom stereocenters. The Bertz CT molecular complexity index is 623. The molecule has 28 heavy (non-hydrogen) atoms. The molecule has 1 atom stereocenters. The zero-order chi connectivity index (χ0) is 18.9. The first-order valence-electron chi connectivity index (χ1n) is 8.91. The maximum atomic E-state index is 13.6. The van der Waals surface area contributed by atoms with E-state index in [1.54, 1.807) is 0 Å². The molecule has 1 saturated heterocycles. The quantitative estimate of drug-likeness (QED) is 0.591. The fourth-order valence-electron chi connectivity index (χ4n) is 4.22. The lowest BCUT2D eigenvalue weighted by Crippen LogP contribution is -2.47. The van der Waals surface area contributed by atoms with E-state index >= 15 is 0 Å². The first-order chi connectivity index (χ1) is 12.2. The summed E-state index contributed by atoms with van der Waals surface area (Å²) in [4.78, 5) is 2.00. The van der Waals surface area contributed by atoms with Crippen LogP contribution in [0, 0.1) is 5.92 Å². The maximum Gasteiger partial charge on any atom is 0.416 e. The molecule has 0 aromatic heterocycles. The third kappa shape index (κ3) is 5.68. The summed E-state index contributed by atoms with van der Waals surface area (Å²) in [6, 6.07) is 1.63. The predicted molar refractivity (Wildman–Crippen MR) is 100 cm³/mol. The first-order valence-corrected chi connectivity index (χ1v) is 8.91. The monoisotopic (exact) mass is 452 g/mol. The molecule has 0 radical (unpaired) electrons. The summed E-state index contributed by atoms with van der Waals surface area (Å²) in [5.74, 6) is 0.0472. The van der Waals surface area contributed by atoms with Crippen molar-refractivity contribution in [2.45, 2.75) is 44.1 Å². The van der Waals surface area contributed by atoms with Crippen LogP contribution in [0.4, 0.5) is 26.3 Å². The minimum absolute atomic E-state index is 0. The zero-order valence-corrected chi connectivity index (χ0v) is 16.7. The molecule has 1 N–H and O–H groups in total. The van der Waals surface area contributed by atoms with Gasteiger partial charge in [-0.2, -0.15) is 26.3 Å². The van der Waals surface area contributed by atoms with Gasteiger partial charge in [-0.05, 0) is 36.5 Å². The highest BCUT2D eigenvalue weighted by Crippen LogP contribution is 2.45. The summed E-state index contributed by atoms with van der Waals surface area (Å²) in [6.07, 6.45) is -6.08. The van der Waals surface area contributed by atoms with Crippen molar-refractivity contribution in [1.82, 2.24) is 10.2 Å². The minimum atomic E-state index is -4.82. The van der Waals surface area contributed by atoms with Gasteiger partial charge in [0.05, 0.1) is 11.1 Å². The van der Waals surface area contributed by atoms with Gasteiger partial charge < -0.3 is 5.32 Å². The van der Waals surface area contributed by atoms with Crippen LogP contribution in [-0.2, 0) is 12.4 Å². The predicted octanol–water partition coefficient (Wildman–Crippen LogP) is 5.70. The summed E-state index contributed by atoms with van der Waals surface area (Å²) < 4.78 is 79.8. The van der Waals surface area contributed by atoms with Gasteiger partial charge in [0.2, 0.25) is 0 Å². The smallest absolute Gasteiger partial charge is 0.314 e. The van der Waals surface area contributed by atoms with Gasteiger partial charge in [0.25, 0.3) is 0 Å². The van der Waals surface area contributed by atoms with Crippen molar-refractivity contribution in [3.05, 3.63) is 34.9 Å². The molecule has 1 heterocycles. The molecule has 1 aliphatic carbocycles. The lowest BCUT2D eigenvalue weighted by Gasteiger charge is -2.39. The normalized spacial score (nSPS) is 20.4. The number of rotatable bonds is 3. The second-order valence-corrected chi connectivity index (χ2v) is 7.07. The van der Waals surface area contributed by atoms with E-state index < -0.39 is 29.5 Å². The van der Waals surface area contributed by atoms with Crippen LogP contribution in [0.2, 0.25) is 0 Å². The van der Waals surface area contributed by atoms with E-state index in [4.69, 9.17) is 0 Å². The Morgan fingerprint density at radius 1 is 0.893 bits per heavy atom. The minimum Gasteiger partial charge on any atom is -0.314 e. The SMILES string of the molecule is Cl.Cl.FC(F)(F)c1ccc([C@H](C2CCCC2)N2CCNCC2)c(C(F)(F)F)c1. The van der Waals surface area contributed by atoms with E-state index in [1.807, 2.05) is 4.90 Å². The van der Waals surface area contributed by atoms with Gasteiger partial charge in [-0.1, -0.05) is 18.9 Å². The fourth-order valence-corrected chi connectivity index (χ4v) is 4.22. The highest BCUT2D eigenvalue weighted by atomic mass is 35.5. The summed E-state index contributed by atoms with van der Waals surface area (Å²) in [5.41, 5.74) is -2.42. The second-order valence-electron chi connectivity index (χ2n) is 7.07. The zero-order valence-electron chi connectivity index (χ0n) is 15.1. The van der Waals surface area contributed by atoms with Crippen molar-refractivity contribution >= 4 is 24.8 Å². The lowest BCUT2D eigenvalue weighted by atomic mass is 9.86. The Morgan fingerprint density at radius 3 is 1.96 bits per heavy atom. The van der Waals surface area contributed by atoms with Crippen LogP contribution in [0.25, 0.3) is 0 Å². The Balaban J connectivity index is 0.00000196. The number of piperazine rings is 1. The number of nitrogens with zero attached hydrogens (tertiary/aromatic N) is 1. The molecular formula is C18H24Cl2F6N2. The van der Waals surface area contributed by atoms with Gasteiger partial charge in [0.1, 0.15) is 0 Å². The summed E-state index contributed by atoms with van der Waals surface area (Å²) in [6.45, 7) is 2.54. The average Bonchev–Trinajstić information content (AvgIpc) is 3.08. The third-order valence-corrected chi connectivity index (χ3v) is 5.40. The number of nitrogens with one attached hydrogen (secondary N) is 1. The molecule has 1 aromatic carbocycles. The van der Waals surface area contributed by atoms with E-state index in [0.29, 0.717) is 26.2 Å². The van der Waals surface area contributed by atoms with Crippen LogP contribution >= 0.6 is 24.8 Å². The average molecular weight is 453 g/mol. The molecule has 1 aromatic rings. The standard InChI is InChI=1S/C18H22F6N2.2ClH/c19-17(20,21)13-5-6-14(15(11-13)18(22,23)24)16(12-3-1-2-4-12)26-9-7-25-8-10-26;;/h5-6,11-12,16,25H,1-4,7-10H2;2*1H/t16-;;/m0../s1. The Hall–Kier alpha value is -0.700. The highest BCUT2D eigenvalue weighted by Gasteiger charge is 2.42. The Kier molecular flexibility index (Phi) is 8.93. The topological polar surface area (TPSA) is 15.3 Å². The number of halogens is 8. The Morgan fingerprint density at radius 2 is 1.46 bits per heavy atom. The van der Waals surface area contributed by atoms with Crippen LogP contribution in [0.5, 0.6) is 0 Å². The summed E-state index contributed by atoms with van der Waals surface area (Å²) in [5, 5.41) is 3.17. The highest BCUT2D eigenvalue weighted by molar-refractivity contribution is 5.85. The van der Waals surface area contributed by atoms with E-state index in [1.165, 1.54) is 0 Å². The molecule has 2 aliphatic rings. The molecule has 0 spiro atoms. The van der Waals surface area contributed by atoms with E-state index in [9.17, 15) is 26.3 Å². The van der Waals surface area contributed by atoms with E-state index in [2.05, 4.69) is 5.32 Å². The van der Waals surface area contributed by atoms with E-state index in [0.717, 1.165) is 37.8 Å².